The van der Waals surface area contributed by atoms with E-state index in [1.54, 1.807) is 6.07 Å². The minimum absolute atomic E-state index is 0.209. The van der Waals surface area contributed by atoms with E-state index in [1.165, 1.54) is 17.0 Å². The zero-order valence-corrected chi connectivity index (χ0v) is 16.4. The molecule has 1 saturated carbocycles. The minimum atomic E-state index is -0.744. The summed E-state index contributed by atoms with van der Waals surface area (Å²) in [7, 11) is 0. The van der Waals surface area contributed by atoms with Crippen LogP contribution in [0.2, 0.25) is 5.02 Å². The Hall–Kier alpha value is -2.13. The Labute approximate surface area is 162 Å². The van der Waals surface area contributed by atoms with Crippen LogP contribution in [-0.2, 0) is 5.66 Å². The summed E-state index contributed by atoms with van der Waals surface area (Å²) in [6, 6.07) is 3.09. The summed E-state index contributed by atoms with van der Waals surface area (Å²) in [5.74, 6) is 0.636. The van der Waals surface area contributed by atoms with Gasteiger partial charge in [-0.1, -0.05) is 25.4 Å². The molecule has 3 N–H and O–H groups in total. The van der Waals surface area contributed by atoms with Crippen LogP contribution in [0.3, 0.4) is 0 Å². The van der Waals surface area contributed by atoms with E-state index < -0.39 is 5.66 Å². The van der Waals surface area contributed by atoms with E-state index in [9.17, 15) is 9.59 Å². The third-order valence-corrected chi connectivity index (χ3v) is 6.02. The second-order valence-corrected chi connectivity index (χ2v) is 7.91. The van der Waals surface area contributed by atoms with Crippen LogP contribution in [0.5, 0.6) is 0 Å². The second kappa shape index (κ2) is 5.68. The van der Waals surface area contributed by atoms with Crippen LogP contribution in [0.4, 0.5) is 17.3 Å². The quantitative estimate of drug-likeness (QED) is 0.636. The highest BCUT2D eigenvalue weighted by molar-refractivity contribution is 9.10. The highest BCUT2D eigenvalue weighted by atomic mass is 79.9. The fraction of sp³-hybridized carbons (Fsp3) is 0.375. The van der Waals surface area contributed by atoms with Gasteiger partial charge in [0.25, 0.3) is 11.5 Å². The van der Waals surface area contributed by atoms with Gasteiger partial charge in [-0.15, -0.1) is 0 Å². The number of carbonyl (C=O) groups excluding carboxylic acids is 1. The third kappa shape index (κ3) is 2.26. The molecule has 2 aliphatic rings. The average molecular weight is 440 g/mol. The van der Waals surface area contributed by atoms with Gasteiger partial charge in [-0.25, -0.2) is 9.97 Å². The highest BCUT2D eigenvalue weighted by Crippen LogP contribution is 2.55. The number of hydrogen-bond donors (Lipinski definition) is 3. The summed E-state index contributed by atoms with van der Waals surface area (Å²) in [4.78, 5) is 33.8. The molecule has 2 aromatic heterocycles. The monoisotopic (exact) mass is 438 g/mol. The van der Waals surface area contributed by atoms with Crippen molar-refractivity contribution < 1.29 is 4.79 Å². The molecule has 3 heterocycles. The summed E-state index contributed by atoms with van der Waals surface area (Å²) in [6.45, 7) is 4.06. The van der Waals surface area contributed by atoms with Crippen molar-refractivity contribution in [1.29, 1.82) is 0 Å². The van der Waals surface area contributed by atoms with Gasteiger partial charge in [0.05, 0.1) is 5.02 Å². The minimum Gasteiger partial charge on any atom is -0.336 e. The Kier molecular flexibility index (Phi) is 3.78. The first-order valence-corrected chi connectivity index (χ1v) is 9.20. The van der Waals surface area contributed by atoms with E-state index in [0.717, 1.165) is 6.42 Å². The Morgan fingerprint density at radius 3 is 2.58 bits per heavy atom. The summed E-state index contributed by atoms with van der Waals surface area (Å²) < 4.78 is 4.23. The Bertz CT molecular complexity index is 991. The Morgan fingerprint density at radius 2 is 1.96 bits per heavy atom. The molecule has 0 bridgehead atoms. The van der Waals surface area contributed by atoms with E-state index in [1.807, 2.05) is 13.8 Å². The molecule has 1 spiro atoms. The summed E-state index contributed by atoms with van der Waals surface area (Å²) >= 11 is 9.45. The van der Waals surface area contributed by atoms with E-state index >= 15 is 0 Å². The molecule has 0 saturated heterocycles. The van der Waals surface area contributed by atoms with Gasteiger partial charge >= 0.3 is 0 Å². The lowest BCUT2D eigenvalue weighted by Crippen LogP contribution is -2.63. The van der Waals surface area contributed by atoms with Gasteiger partial charge in [-0.2, -0.15) is 0 Å². The maximum Gasteiger partial charge on any atom is 0.276 e. The molecule has 4 rings (SSSR count). The number of nitrogens with zero attached hydrogens (tertiary/aromatic N) is 3. The molecule has 136 valence electrons. The van der Waals surface area contributed by atoms with Crippen molar-refractivity contribution in [1.82, 2.24) is 19.9 Å². The van der Waals surface area contributed by atoms with Crippen molar-refractivity contribution in [3.8, 4) is 0 Å². The molecular weight excluding hydrogens is 424 g/mol. The molecule has 2 aromatic rings. The predicted molar refractivity (Wildman–Crippen MR) is 102 cm³/mol. The fourth-order valence-electron chi connectivity index (χ4n) is 3.68. The number of rotatable bonds is 3. The van der Waals surface area contributed by atoms with Crippen LogP contribution < -0.4 is 20.5 Å². The van der Waals surface area contributed by atoms with E-state index in [-0.39, 0.29) is 33.3 Å². The smallest absolute Gasteiger partial charge is 0.276 e. The van der Waals surface area contributed by atoms with E-state index in [2.05, 4.69) is 41.1 Å². The van der Waals surface area contributed by atoms with Gasteiger partial charge in [0.2, 0.25) is 0 Å². The normalized spacial score (nSPS) is 22.5. The third-order valence-electron chi connectivity index (χ3n) is 5.33. The second-order valence-electron chi connectivity index (χ2n) is 7.10. The highest BCUT2D eigenvalue weighted by Gasteiger charge is 2.60. The molecule has 1 unspecified atom stereocenters. The van der Waals surface area contributed by atoms with Crippen LogP contribution in [0.25, 0.3) is 0 Å². The zero-order valence-electron chi connectivity index (χ0n) is 14.1. The fourth-order valence-corrected chi connectivity index (χ4v) is 4.17. The number of aromatic nitrogens is 3. The van der Waals surface area contributed by atoms with Gasteiger partial charge in [0.1, 0.15) is 35.0 Å². The van der Waals surface area contributed by atoms with Crippen LogP contribution in [0, 0.1) is 5.41 Å². The molecule has 26 heavy (non-hydrogen) atoms. The number of hydrogen-bond acceptors (Lipinski definition) is 6. The summed E-state index contributed by atoms with van der Waals surface area (Å²) in [5, 5.41) is 6.18. The molecule has 1 aliphatic heterocycles. The molecule has 10 heteroatoms. The molecule has 1 amide bonds. The summed E-state index contributed by atoms with van der Waals surface area (Å²) in [5.41, 5.74) is -0.854. The predicted octanol–water partition coefficient (Wildman–Crippen LogP) is 2.97. The van der Waals surface area contributed by atoms with Crippen molar-refractivity contribution in [3.05, 3.63) is 39.5 Å². The number of nitrogens with one attached hydrogen (secondary N) is 3. The number of carbonyl (C=O) groups is 1. The number of fused-ring (bicyclic) bond motifs is 2. The van der Waals surface area contributed by atoms with Crippen molar-refractivity contribution in [2.45, 2.75) is 32.4 Å². The van der Waals surface area contributed by atoms with Crippen LogP contribution in [-0.4, -0.2) is 20.4 Å². The largest absolute Gasteiger partial charge is 0.336 e. The first kappa shape index (κ1) is 17.3. The summed E-state index contributed by atoms with van der Waals surface area (Å²) in [6.07, 6.45) is 2.95. The first-order valence-electron chi connectivity index (χ1n) is 8.03. The molecular formula is C16H16BrClN6O2. The van der Waals surface area contributed by atoms with Crippen molar-refractivity contribution in [3.63, 3.8) is 0 Å². The maximum atomic E-state index is 13.2. The number of amides is 1. The first-order chi connectivity index (χ1) is 12.3. The lowest BCUT2D eigenvalue weighted by molar-refractivity contribution is -0.0501. The Balaban J connectivity index is 1.85. The lowest BCUT2D eigenvalue weighted by atomic mass is 9.62. The molecule has 0 radical (unpaired) electrons. The topological polar surface area (TPSA) is 101 Å². The van der Waals surface area contributed by atoms with Crippen molar-refractivity contribution >= 4 is 51.0 Å². The molecule has 1 aliphatic carbocycles. The maximum absolute atomic E-state index is 13.2. The molecule has 1 fully saturated rings. The SMILES string of the molecule is CC1(C)CCC12NC(=O)c1c(Cl)cc(Nc3cc(NBr)ncn3)c(=O)n12. The zero-order chi connectivity index (χ0) is 18.7. The van der Waals surface area contributed by atoms with Gasteiger partial charge in [-0.3, -0.25) is 14.2 Å². The van der Waals surface area contributed by atoms with Gasteiger partial charge in [0, 0.05) is 27.6 Å². The van der Waals surface area contributed by atoms with Gasteiger partial charge in [0.15, 0.2) is 0 Å². The Morgan fingerprint density at radius 1 is 1.23 bits per heavy atom. The van der Waals surface area contributed by atoms with E-state index in [4.69, 9.17) is 11.6 Å². The lowest BCUT2D eigenvalue weighted by Gasteiger charge is -2.54. The van der Waals surface area contributed by atoms with Gasteiger partial charge < -0.3 is 15.0 Å². The number of halogens is 2. The molecule has 8 nitrogen and oxygen atoms in total. The van der Waals surface area contributed by atoms with Gasteiger partial charge in [-0.05, 0) is 18.9 Å². The van der Waals surface area contributed by atoms with E-state index in [0.29, 0.717) is 18.1 Å². The van der Waals surface area contributed by atoms with Crippen molar-refractivity contribution in [2.24, 2.45) is 5.41 Å². The van der Waals surface area contributed by atoms with Crippen LogP contribution >= 0.6 is 27.7 Å². The van der Waals surface area contributed by atoms with Crippen LogP contribution in [0.15, 0.2) is 23.3 Å². The van der Waals surface area contributed by atoms with Crippen LogP contribution in [0.1, 0.15) is 37.2 Å². The molecule has 1 atom stereocenters. The molecule has 0 aromatic carbocycles. The average Bonchev–Trinajstić information content (AvgIpc) is 2.95. The standard InChI is InChI=1S/C16H16BrClN6O2/c1-15(2)3-4-16(15)22-13(25)12-8(18)5-9(14(26)24(12)16)21-10-6-11(23-17)20-7-19-10/h5-7H,3-4H2,1-2H3,(H,22,25)(H2,19,20,21,23). The number of pyridine rings is 1. The van der Waals surface area contributed by atoms with Crippen molar-refractivity contribution in [2.75, 3.05) is 9.66 Å². The number of anilines is 3.